The summed E-state index contributed by atoms with van der Waals surface area (Å²) in [5, 5.41) is 0. The van der Waals surface area contributed by atoms with E-state index in [2.05, 4.69) is 12.1 Å². The molecule has 1 fully saturated rings. The molecule has 33 heavy (non-hydrogen) atoms. The Morgan fingerprint density at radius 1 is 0.697 bits per heavy atom. The van der Waals surface area contributed by atoms with Gasteiger partial charge in [0.15, 0.2) is 5.79 Å². The number of hydrogen-bond donors (Lipinski definition) is 0. The number of para-hydroxylation sites is 1. The first kappa shape index (κ1) is 23.1. The topological polar surface area (TPSA) is 46.2 Å². The Hall–Kier alpha value is -3.02. The van der Waals surface area contributed by atoms with E-state index in [4.69, 9.17) is 23.7 Å². The van der Waals surface area contributed by atoms with Crippen molar-refractivity contribution < 1.29 is 23.7 Å². The van der Waals surface area contributed by atoms with Crippen molar-refractivity contribution in [2.24, 2.45) is 5.92 Å². The van der Waals surface area contributed by atoms with Crippen molar-refractivity contribution in [2.45, 2.75) is 32.5 Å². The molecule has 0 atom stereocenters. The van der Waals surface area contributed by atoms with Gasteiger partial charge in [0.2, 0.25) is 0 Å². The second-order valence-corrected chi connectivity index (χ2v) is 8.67. The molecule has 3 aromatic carbocycles. The van der Waals surface area contributed by atoms with E-state index in [1.54, 1.807) is 0 Å². The molecule has 0 amide bonds. The van der Waals surface area contributed by atoms with Crippen LogP contribution in [-0.4, -0.2) is 32.2 Å². The lowest BCUT2D eigenvalue weighted by molar-refractivity contribution is -0.261. The standard InChI is InChI=1S/C28H32O5/c1-28(2)31-20-23(21-32-28)19-22-9-11-24(12-10-22)29-17-6-18-30-25-13-15-27(16-14-25)33-26-7-4-3-5-8-26/h3-5,7-16,23H,6,17-21H2,1-2H3. The molecule has 1 aliphatic rings. The highest BCUT2D eigenvalue weighted by Crippen LogP contribution is 2.25. The van der Waals surface area contributed by atoms with Gasteiger partial charge in [0.25, 0.3) is 0 Å². The highest BCUT2D eigenvalue weighted by atomic mass is 16.7. The van der Waals surface area contributed by atoms with Crippen molar-refractivity contribution in [1.29, 1.82) is 0 Å². The molecule has 0 aromatic heterocycles. The zero-order valence-corrected chi connectivity index (χ0v) is 19.4. The monoisotopic (exact) mass is 448 g/mol. The lowest BCUT2D eigenvalue weighted by Gasteiger charge is -2.35. The van der Waals surface area contributed by atoms with E-state index >= 15 is 0 Å². The van der Waals surface area contributed by atoms with Gasteiger partial charge >= 0.3 is 0 Å². The zero-order chi connectivity index (χ0) is 22.9. The number of benzene rings is 3. The van der Waals surface area contributed by atoms with Gasteiger partial charge in [-0.3, -0.25) is 0 Å². The van der Waals surface area contributed by atoms with Crippen molar-refractivity contribution >= 4 is 0 Å². The van der Waals surface area contributed by atoms with Crippen LogP contribution in [-0.2, 0) is 15.9 Å². The van der Waals surface area contributed by atoms with Crippen LogP contribution in [0, 0.1) is 5.92 Å². The molecule has 0 bridgehead atoms. The third-order valence-electron chi connectivity index (χ3n) is 5.41. The smallest absolute Gasteiger partial charge is 0.162 e. The van der Waals surface area contributed by atoms with Crippen molar-refractivity contribution in [1.82, 2.24) is 0 Å². The van der Waals surface area contributed by atoms with Gasteiger partial charge < -0.3 is 23.7 Å². The SMILES string of the molecule is CC1(C)OCC(Cc2ccc(OCCCOc3ccc(Oc4ccccc4)cc3)cc2)CO1. The minimum Gasteiger partial charge on any atom is -0.493 e. The molecule has 5 heteroatoms. The third kappa shape index (κ3) is 7.52. The van der Waals surface area contributed by atoms with Gasteiger partial charge in [0, 0.05) is 12.3 Å². The number of hydrogen-bond acceptors (Lipinski definition) is 5. The summed E-state index contributed by atoms with van der Waals surface area (Å²) in [5.41, 5.74) is 1.27. The van der Waals surface area contributed by atoms with Crippen molar-refractivity contribution in [2.75, 3.05) is 26.4 Å². The van der Waals surface area contributed by atoms with E-state index in [1.165, 1.54) is 5.56 Å². The molecule has 0 radical (unpaired) electrons. The van der Waals surface area contributed by atoms with E-state index in [9.17, 15) is 0 Å². The molecular weight excluding hydrogens is 416 g/mol. The maximum atomic E-state index is 5.85. The summed E-state index contributed by atoms with van der Waals surface area (Å²) < 4.78 is 29.0. The number of ether oxygens (including phenoxy) is 5. The average molecular weight is 449 g/mol. The van der Waals surface area contributed by atoms with E-state index in [1.807, 2.05) is 80.6 Å². The van der Waals surface area contributed by atoms with Gasteiger partial charge in [-0.05, 0) is 74.4 Å². The van der Waals surface area contributed by atoms with Crippen LogP contribution in [0.1, 0.15) is 25.8 Å². The molecule has 174 valence electrons. The number of rotatable bonds is 10. The first-order valence-electron chi connectivity index (χ1n) is 11.5. The van der Waals surface area contributed by atoms with Gasteiger partial charge in [-0.2, -0.15) is 0 Å². The first-order valence-corrected chi connectivity index (χ1v) is 11.5. The summed E-state index contributed by atoms with van der Waals surface area (Å²) in [5.74, 6) is 3.22. The van der Waals surface area contributed by atoms with E-state index in [0.29, 0.717) is 19.1 Å². The molecule has 1 heterocycles. The predicted molar refractivity (Wildman–Crippen MR) is 128 cm³/mol. The van der Waals surface area contributed by atoms with Crippen LogP contribution in [0.15, 0.2) is 78.9 Å². The fraction of sp³-hybridized carbons (Fsp3) is 0.357. The Bertz CT molecular complexity index is 957. The summed E-state index contributed by atoms with van der Waals surface area (Å²) >= 11 is 0. The Labute approximate surface area is 196 Å². The fourth-order valence-corrected chi connectivity index (χ4v) is 3.57. The first-order chi connectivity index (χ1) is 16.1. The molecular formula is C28H32O5. The summed E-state index contributed by atoms with van der Waals surface area (Å²) in [6, 6.07) is 25.7. The van der Waals surface area contributed by atoms with Crippen molar-refractivity contribution in [3.05, 3.63) is 84.4 Å². The lowest BCUT2D eigenvalue weighted by atomic mass is 10.00. The van der Waals surface area contributed by atoms with Gasteiger partial charge in [-0.15, -0.1) is 0 Å². The zero-order valence-electron chi connectivity index (χ0n) is 19.4. The van der Waals surface area contributed by atoms with Crippen molar-refractivity contribution in [3.8, 4) is 23.0 Å². The molecule has 0 spiro atoms. The summed E-state index contributed by atoms with van der Waals surface area (Å²) in [7, 11) is 0. The van der Waals surface area contributed by atoms with Gasteiger partial charge in [0.05, 0.1) is 26.4 Å². The molecule has 4 rings (SSSR count). The average Bonchev–Trinajstić information content (AvgIpc) is 2.83. The minimum atomic E-state index is -0.460. The van der Waals surface area contributed by atoms with Crippen LogP contribution in [0.5, 0.6) is 23.0 Å². The highest BCUT2D eigenvalue weighted by Gasteiger charge is 2.28. The summed E-state index contributed by atoms with van der Waals surface area (Å²) in [4.78, 5) is 0. The summed E-state index contributed by atoms with van der Waals surface area (Å²) in [6.45, 7) is 6.57. The Kier molecular flexibility index (Phi) is 7.87. The molecule has 1 aliphatic heterocycles. The van der Waals surface area contributed by atoms with E-state index in [0.717, 1.165) is 49.1 Å². The molecule has 0 saturated carbocycles. The predicted octanol–water partition coefficient (Wildman–Crippen LogP) is 6.27. The van der Waals surface area contributed by atoms with Crippen molar-refractivity contribution in [3.63, 3.8) is 0 Å². The quantitative estimate of drug-likeness (QED) is 0.342. The van der Waals surface area contributed by atoms with E-state index in [-0.39, 0.29) is 0 Å². The van der Waals surface area contributed by atoms with Gasteiger partial charge in [0.1, 0.15) is 23.0 Å². The van der Waals surface area contributed by atoms with E-state index < -0.39 is 5.79 Å². The second-order valence-electron chi connectivity index (χ2n) is 8.67. The highest BCUT2D eigenvalue weighted by molar-refractivity contribution is 5.35. The maximum Gasteiger partial charge on any atom is 0.162 e. The van der Waals surface area contributed by atoms with Crippen LogP contribution in [0.3, 0.4) is 0 Å². The van der Waals surface area contributed by atoms with Crippen LogP contribution in [0.25, 0.3) is 0 Å². The fourth-order valence-electron chi connectivity index (χ4n) is 3.57. The van der Waals surface area contributed by atoms with Crippen LogP contribution >= 0.6 is 0 Å². The molecule has 3 aromatic rings. The third-order valence-corrected chi connectivity index (χ3v) is 5.41. The molecule has 0 N–H and O–H groups in total. The Morgan fingerprint density at radius 2 is 1.21 bits per heavy atom. The minimum absolute atomic E-state index is 0.390. The second kappa shape index (κ2) is 11.2. The Balaban J connectivity index is 1.12. The lowest BCUT2D eigenvalue weighted by Crippen LogP contribution is -2.39. The normalized spacial score (nSPS) is 15.7. The largest absolute Gasteiger partial charge is 0.493 e. The molecule has 1 saturated heterocycles. The molecule has 0 aliphatic carbocycles. The van der Waals surface area contributed by atoms with Crippen LogP contribution in [0.2, 0.25) is 0 Å². The molecule has 0 unspecified atom stereocenters. The van der Waals surface area contributed by atoms with Crippen LogP contribution in [0.4, 0.5) is 0 Å². The maximum absolute atomic E-state index is 5.85. The molecule has 5 nitrogen and oxygen atoms in total. The summed E-state index contributed by atoms with van der Waals surface area (Å²) in [6.07, 6.45) is 1.75. The van der Waals surface area contributed by atoms with Crippen LogP contribution < -0.4 is 14.2 Å². The van der Waals surface area contributed by atoms with Gasteiger partial charge in [-0.25, -0.2) is 0 Å². The Morgan fingerprint density at radius 3 is 1.82 bits per heavy atom. The van der Waals surface area contributed by atoms with Gasteiger partial charge in [-0.1, -0.05) is 30.3 Å².